The predicted octanol–water partition coefficient (Wildman–Crippen LogP) is 18.4. The quantitative estimate of drug-likeness (QED) is 0.0228. The number of carboxylic acid groups (broad SMARTS) is 1. The fourth-order valence-electron chi connectivity index (χ4n) is 10.5. The van der Waals surface area contributed by atoms with Gasteiger partial charge in [0.1, 0.15) is 18.8 Å². The molecule has 6 unspecified atom stereocenters. The summed E-state index contributed by atoms with van der Waals surface area (Å²) in [5, 5.41) is 31.6. The number of unbranched alkanes of at least 4 members (excludes halogenated alkanes) is 39. The summed E-state index contributed by atoms with van der Waals surface area (Å²) in [4.78, 5) is 51.4. The largest absolute Gasteiger partial charge is 0.479 e. The third kappa shape index (κ3) is 46.9. The number of rotatable bonds is 59. The number of ether oxygens (including phenoxy) is 5. The van der Waals surface area contributed by atoms with Crippen molar-refractivity contribution in [3.63, 3.8) is 0 Å². The lowest BCUT2D eigenvalue weighted by Crippen LogP contribution is -2.61. The van der Waals surface area contributed by atoms with Crippen molar-refractivity contribution in [3.05, 3.63) is 36.5 Å². The standard InChI is InChI=1S/C69H124O12/c1-4-7-10-13-16-19-22-25-27-29-31-33-35-38-40-43-46-49-52-55-61(70)77-58-60(79-62(71)56-53-50-47-44-41-37-24-21-18-15-12-9-6-3)59-78-69-67(65(74)64(73)66(81-69)68(75)76)80-63(72)57-54-51-48-45-42-39-36-34-32-30-28-26-23-20-17-14-11-8-5-2/h16,19,21,24-25,27,60,64-67,69,73-74H,4-15,17-18,20,22-23,26,28-59H2,1-3H3,(H,75,76)/b19-16-,24-21-,27-25-. The van der Waals surface area contributed by atoms with Crippen molar-refractivity contribution in [2.45, 2.75) is 366 Å². The second-order valence-electron chi connectivity index (χ2n) is 23.5. The van der Waals surface area contributed by atoms with Crippen LogP contribution in [0.4, 0.5) is 0 Å². The molecular weight excluding hydrogens is 1020 g/mol. The Morgan fingerprint density at radius 1 is 0.407 bits per heavy atom. The van der Waals surface area contributed by atoms with Gasteiger partial charge in [0.2, 0.25) is 0 Å². The van der Waals surface area contributed by atoms with E-state index in [1.165, 1.54) is 180 Å². The Labute approximate surface area is 495 Å². The highest BCUT2D eigenvalue weighted by Gasteiger charge is 2.50. The lowest BCUT2D eigenvalue weighted by Gasteiger charge is -2.40. The second-order valence-corrected chi connectivity index (χ2v) is 23.5. The normalized spacial score (nSPS) is 17.9. The molecule has 0 saturated carbocycles. The third-order valence-corrected chi connectivity index (χ3v) is 15.7. The number of hydrogen-bond acceptors (Lipinski definition) is 11. The molecule has 81 heavy (non-hydrogen) atoms. The van der Waals surface area contributed by atoms with Gasteiger partial charge in [0.25, 0.3) is 0 Å². The van der Waals surface area contributed by atoms with Crippen molar-refractivity contribution in [2.24, 2.45) is 0 Å². The molecule has 0 amide bonds. The Morgan fingerprint density at radius 2 is 0.741 bits per heavy atom. The minimum Gasteiger partial charge on any atom is -0.479 e. The zero-order chi connectivity index (χ0) is 58.9. The number of carbonyl (C=O) groups excluding carboxylic acids is 3. The van der Waals surface area contributed by atoms with E-state index in [9.17, 15) is 34.5 Å². The maximum Gasteiger partial charge on any atom is 0.335 e. The molecule has 12 nitrogen and oxygen atoms in total. The molecule has 6 atom stereocenters. The first-order valence-electron chi connectivity index (χ1n) is 34.0. The number of allylic oxidation sites excluding steroid dienone is 6. The molecule has 0 aromatic carbocycles. The maximum atomic E-state index is 13.2. The number of carbonyl (C=O) groups is 4. The van der Waals surface area contributed by atoms with Crippen LogP contribution in [0.15, 0.2) is 36.5 Å². The molecule has 0 aliphatic carbocycles. The van der Waals surface area contributed by atoms with Crippen LogP contribution in [0.25, 0.3) is 0 Å². The van der Waals surface area contributed by atoms with E-state index in [1.807, 2.05) is 0 Å². The topological polar surface area (TPSA) is 175 Å². The Bertz CT molecular complexity index is 1550. The van der Waals surface area contributed by atoms with Gasteiger partial charge in [-0.25, -0.2) is 4.79 Å². The van der Waals surface area contributed by atoms with Gasteiger partial charge >= 0.3 is 23.9 Å². The molecule has 3 N–H and O–H groups in total. The van der Waals surface area contributed by atoms with E-state index < -0.39 is 67.3 Å². The molecule has 12 heteroatoms. The minimum atomic E-state index is -1.90. The number of carboxylic acids is 1. The summed E-state index contributed by atoms with van der Waals surface area (Å²) in [5.74, 6) is -3.10. The smallest absolute Gasteiger partial charge is 0.335 e. The van der Waals surface area contributed by atoms with Crippen LogP contribution < -0.4 is 0 Å². The van der Waals surface area contributed by atoms with Crippen LogP contribution in [0.2, 0.25) is 0 Å². The van der Waals surface area contributed by atoms with E-state index in [0.717, 1.165) is 89.9 Å². The minimum absolute atomic E-state index is 0.0654. The summed E-state index contributed by atoms with van der Waals surface area (Å²) in [5.41, 5.74) is 0. The van der Waals surface area contributed by atoms with Gasteiger partial charge in [0.15, 0.2) is 24.6 Å². The molecule has 1 fully saturated rings. The Kier molecular flexibility index (Phi) is 53.8. The van der Waals surface area contributed by atoms with Crippen molar-refractivity contribution >= 4 is 23.9 Å². The van der Waals surface area contributed by atoms with Gasteiger partial charge in [-0.05, 0) is 77.0 Å². The van der Waals surface area contributed by atoms with Crippen LogP contribution >= 0.6 is 0 Å². The average Bonchev–Trinajstić information content (AvgIpc) is 3.45. The average molecular weight is 1150 g/mol. The van der Waals surface area contributed by atoms with Crippen LogP contribution in [0.1, 0.15) is 329 Å². The molecule has 1 saturated heterocycles. The van der Waals surface area contributed by atoms with Crippen molar-refractivity contribution in [2.75, 3.05) is 13.2 Å². The van der Waals surface area contributed by atoms with Gasteiger partial charge in [-0.15, -0.1) is 0 Å². The molecule has 1 rings (SSSR count). The van der Waals surface area contributed by atoms with E-state index in [2.05, 4.69) is 57.2 Å². The Hall–Kier alpha value is -3.06. The summed E-state index contributed by atoms with van der Waals surface area (Å²) in [6.45, 7) is 6.00. The van der Waals surface area contributed by atoms with Gasteiger partial charge in [-0.2, -0.15) is 0 Å². The van der Waals surface area contributed by atoms with Crippen molar-refractivity contribution in [1.82, 2.24) is 0 Å². The Morgan fingerprint density at radius 3 is 1.16 bits per heavy atom. The number of aliphatic carboxylic acids is 1. The highest BCUT2D eigenvalue weighted by molar-refractivity contribution is 5.74. The molecule has 1 heterocycles. The van der Waals surface area contributed by atoms with Gasteiger partial charge < -0.3 is 39.0 Å². The highest BCUT2D eigenvalue weighted by atomic mass is 16.7. The van der Waals surface area contributed by atoms with Crippen LogP contribution in [0, 0.1) is 0 Å². The van der Waals surface area contributed by atoms with E-state index in [0.29, 0.717) is 19.3 Å². The number of aliphatic hydroxyl groups excluding tert-OH is 2. The van der Waals surface area contributed by atoms with E-state index in [1.54, 1.807) is 0 Å². The molecule has 0 aromatic heterocycles. The molecular formula is C69H124O12. The van der Waals surface area contributed by atoms with Crippen LogP contribution in [0.3, 0.4) is 0 Å². The van der Waals surface area contributed by atoms with Crippen LogP contribution in [0.5, 0.6) is 0 Å². The Balaban J connectivity index is 2.61. The number of hydrogen-bond donors (Lipinski definition) is 3. The highest BCUT2D eigenvalue weighted by Crippen LogP contribution is 2.27. The molecule has 1 aliphatic heterocycles. The molecule has 472 valence electrons. The zero-order valence-corrected chi connectivity index (χ0v) is 52.3. The van der Waals surface area contributed by atoms with Gasteiger partial charge in [0.05, 0.1) is 6.61 Å². The maximum absolute atomic E-state index is 13.2. The van der Waals surface area contributed by atoms with Gasteiger partial charge in [0, 0.05) is 19.3 Å². The lowest BCUT2D eigenvalue weighted by molar-refractivity contribution is -0.301. The summed E-state index contributed by atoms with van der Waals surface area (Å²) < 4.78 is 28.6. The van der Waals surface area contributed by atoms with Gasteiger partial charge in [-0.3, -0.25) is 14.4 Å². The first-order chi connectivity index (χ1) is 39.6. The monoisotopic (exact) mass is 1140 g/mol. The molecule has 0 radical (unpaired) electrons. The molecule has 0 spiro atoms. The predicted molar refractivity (Wildman–Crippen MR) is 331 cm³/mol. The first-order valence-corrected chi connectivity index (χ1v) is 34.0. The SMILES string of the molecule is CCCCC/C=C\C/C=C\CCCCCCCCCCCC(=O)OCC(COC1OC(C(=O)O)C(O)C(O)C1OC(=O)CCCCCCCCCCCCCCCCCCCCC)OC(=O)CCCCCCC/C=C\CCCCCC. The first kappa shape index (κ1) is 76.0. The summed E-state index contributed by atoms with van der Waals surface area (Å²) in [7, 11) is 0. The zero-order valence-electron chi connectivity index (χ0n) is 52.3. The van der Waals surface area contributed by atoms with E-state index in [4.69, 9.17) is 23.7 Å². The van der Waals surface area contributed by atoms with Gasteiger partial charge in [-0.1, -0.05) is 269 Å². The summed E-state index contributed by atoms with van der Waals surface area (Å²) in [6, 6.07) is 0. The third-order valence-electron chi connectivity index (χ3n) is 15.7. The van der Waals surface area contributed by atoms with Crippen molar-refractivity contribution in [1.29, 1.82) is 0 Å². The van der Waals surface area contributed by atoms with E-state index >= 15 is 0 Å². The fourth-order valence-corrected chi connectivity index (χ4v) is 10.5. The van der Waals surface area contributed by atoms with Crippen molar-refractivity contribution in [3.8, 4) is 0 Å². The molecule has 0 aromatic rings. The molecule has 0 bridgehead atoms. The number of esters is 3. The van der Waals surface area contributed by atoms with Crippen LogP contribution in [-0.2, 0) is 42.9 Å². The summed E-state index contributed by atoms with van der Waals surface area (Å²) >= 11 is 0. The molecule has 1 aliphatic rings. The van der Waals surface area contributed by atoms with Crippen molar-refractivity contribution < 1.29 is 58.2 Å². The second kappa shape index (κ2) is 57.4. The fraction of sp³-hybridized carbons (Fsp3) is 0.855. The lowest BCUT2D eigenvalue weighted by atomic mass is 9.98. The number of aliphatic hydroxyl groups is 2. The van der Waals surface area contributed by atoms with E-state index in [-0.39, 0.29) is 25.9 Å². The summed E-state index contributed by atoms with van der Waals surface area (Å²) in [6.07, 6.45) is 56.7. The van der Waals surface area contributed by atoms with Crippen LogP contribution in [-0.4, -0.2) is 89.2 Å².